The minimum atomic E-state index is 0.362. The number of piperidine rings is 1. The van der Waals surface area contributed by atoms with E-state index in [0.29, 0.717) is 11.8 Å². The molecule has 2 aliphatic heterocycles. The predicted molar refractivity (Wildman–Crippen MR) is 116 cm³/mol. The molecule has 154 valence electrons. The molecule has 4 heteroatoms. The SMILES string of the molecule is CC=C(C)CN1CCCC(CCC(=O)N2CCN(Cc3ccccc3)CC2)C1. The summed E-state index contributed by atoms with van der Waals surface area (Å²) in [4.78, 5) is 19.8. The molecular weight excluding hydrogens is 346 g/mol. The van der Waals surface area contributed by atoms with Crippen LogP contribution in [0.5, 0.6) is 0 Å². The van der Waals surface area contributed by atoms with Crippen molar-refractivity contribution in [3.05, 3.63) is 47.5 Å². The van der Waals surface area contributed by atoms with E-state index in [0.717, 1.165) is 58.7 Å². The third kappa shape index (κ3) is 6.46. The Balaban J connectivity index is 1.36. The smallest absolute Gasteiger partial charge is 0.222 e. The van der Waals surface area contributed by atoms with Crippen molar-refractivity contribution in [1.82, 2.24) is 14.7 Å². The molecule has 2 aliphatic rings. The number of piperazine rings is 1. The van der Waals surface area contributed by atoms with Gasteiger partial charge in [0, 0.05) is 52.2 Å². The molecule has 2 fully saturated rings. The van der Waals surface area contributed by atoms with Crippen LogP contribution in [0.3, 0.4) is 0 Å². The van der Waals surface area contributed by atoms with Gasteiger partial charge in [0.1, 0.15) is 0 Å². The highest BCUT2D eigenvalue weighted by Crippen LogP contribution is 2.22. The molecule has 4 nitrogen and oxygen atoms in total. The van der Waals surface area contributed by atoms with Gasteiger partial charge in [-0.05, 0) is 51.1 Å². The Hall–Kier alpha value is -1.65. The summed E-state index contributed by atoms with van der Waals surface area (Å²) in [6.07, 6.45) is 6.54. The molecule has 1 aromatic carbocycles. The maximum Gasteiger partial charge on any atom is 0.222 e. The monoisotopic (exact) mass is 383 g/mol. The van der Waals surface area contributed by atoms with Gasteiger partial charge in [-0.15, -0.1) is 0 Å². The first-order valence-electron chi connectivity index (χ1n) is 11.0. The molecule has 28 heavy (non-hydrogen) atoms. The fraction of sp³-hybridized carbons (Fsp3) is 0.625. The second-order valence-electron chi connectivity index (χ2n) is 8.56. The Labute approximate surface area is 171 Å². The molecule has 1 aromatic rings. The number of amides is 1. The lowest BCUT2D eigenvalue weighted by atomic mass is 9.93. The summed E-state index contributed by atoms with van der Waals surface area (Å²) in [6, 6.07) is 10.6. The number of rotatable bonds is 7. The molecule has 0 bridgehead atoms. The summed E-state index contributed by atoms with van der Waals surface area (Å²) in [5.74, 6) is 1.04. The average Bonchev–Trinajstić information content (AvgIpc) is 2.73. The van der Waals surface area contributed by atoms with Crippen molar-refractivity contribution in [2.24, 2.45) is 5.92 Å². The quantitative estimate of drug-likeness (QED) is 0.670. The summed E-state index contributed by atoms with van der Waals surface area (Å²) < 4.78 is 0. The van der Waals surface area contributed by atoms with Crippen molar-refractivity contribution >= 4 is 5.91 Å². The fourth-order valence-electron chi connectivity index (χ4n) is 4.46. The van der Waals surface area contributed by atoms with E-state index >= 15 is 0 Å². The summed E-state index contributed by atoms with van der Waals surface area (Å²) in [5, 5.41) is 0. The molecule has 0 N–H and O–H groups in total. The van der Waals surface area contributed by atoms with Gasteiger partial charge in [0.25, 0.3) is 0 Å². The highest BCUT2D eigenvalue weighted by atomic mass is 16.2. The van der Waals surface area contributed by atoms with Crippen molar-refractivity contribution in [1.29, 1.82) is 0 Å². The number of nitrogens with zero attached hydrogens (tertiary/aromatic N) is 3. The van der Waals surface area contributed by atoms with Gasteiger partial charge in [-0.25, -0.2) is 0 Å². The fourth-order valence-corrected chi connectivity index (χ4v) is 4.46. The molecule has 1 unspecified atom stereocenters. The zero-order chi connectivity index (χ0) is 19.8. The Morgan fingerprint density at radius 1 is 1.07 bits per heavy atom. The average molecular weight is 384 g/mol. The lowest BCUT2D eigenvalue weighted by Crippen LogP contribution is -2.48. The molecule has 0 saturated carbocycles. The standard InChI is InChI=1S/C24H37N3O/c1-3-21(2)18-26-13-7-10-23(20-26)11-12-24(28)27-16-14-25(15-17-27)19-22-8-5-4-6-9-22/h3-6,8-9,23H,7,10-20H2,1-2H3. The maximum atomic E-state index is 12.7. The Morgan fingerprint density at radius 3 is 2.54 bits per heavy atom. The highest BCUT2D eigenvalue weighted by molar-refractivity contribution is 5.76. The van der Waals surface area contributed by atoms with Gasteiger partial charge in [-0.2, -0.15) is 0 Å². The molecule has 1 amide bonds. The third-order valence-electron chi connectivity index (χ3n) is 6.31. The summed E-state index contributed by atoms with van der Waals surface area (Å²) in [6.45, 7) is 12.5. The molecule has 3 rings (SSSR count). The van der Waals surface area contributed by atoms with E-state index in [-0.39, 0.29) is 0 Å². The topological polar surface area (TPSA) is 26.8 Å². The number of carbonyl (C=O) groups is 1. The van der Waals surface area contributed by atoms with Crippen LogP contribution in [0.1, 0.15) is 45.1 Å². The minimum Gasteiger partial charge on any atom is -0.340 e. The molecule has 0 radical (unpaired) electrons. The number of carbonyl (C=O) groups excluding carboxylic acids is 1. The van der Waals surface area contributed by atoms with Gasteiger partial charge in [0.15, 0.2) is 0 Å². The first kappa shape index (κ1) is 21.1. The second-order valence-corrected chi connectivity index (χ2v) is 8.56. The molecule has 0 aliphatic carbocycles. The predicted octanol–water partition coefficient (Wildman–Crippen LogP) is 3.79. The Bertz CT molecular complexity index is 635. The van der Waals surface area contributed by atoms with E-state index in [4.69, 9.17) is 0 Å². The first-order chi connectivity index (χ1) is 13.6. The lowest BCUT2D eigenvalue weighted by molar-refractivity contribution is -0.133. The van der Waals surface area contributed by atoms with E-state index in [1.165, 1.54) is 30.5 Å². The van der Waals surface area contributed by atoms with Crippen molar-refractivity contribution in [3.8, 4) is 0 Å². The summed E-state index contributed by atoms with van der Waals surface area (Å²) in [5.41, 5.74) is 2.81. The van der Waals surface area contributed by atoms with Crippen molar-refractivity contribution in [3.63, 3.8) is 0 Å². The van der Waals surface area contributed by atoms with E-state index in [1.54, 1.807) is 0 Å². The highest BCUT2D eigenvalue weighted by Gasteiger charge is 2.24. The molecule has 0 aromatic heterocycles. The van der Waals surface area contributed by atoms with Gasteiger partial charge in [-0.1, -0.05) is 42.0 Å². The largest absolute Gasteiger partial charge is 0.340 e. The number of likely N-dealkylation sites (tertiary alicyclic amines) is 1. The maximum absolute atomic E-state index is 12.7. The van der Waals surface area contributed by atoms with Crippen LogP contribution in [0.25, 0.3) is 0 Å². The molecule has 2 saturated heterocycles. The first-order valence-corrected chi connectivity index (χ1v) is 11.0. The number of allylic oxidation sites excluding steroid dienone is 1. The zero-order valence-electron chi connectivity index (χ0n) is 17.8. The molecule has 0 spiro atoms. The molecule has 1 atom stereocenters. The van der Waals surface area contributed by atoms with Gasteiger partial charge in [0.2, 0.25) is 5.91 Å². The van der Waals surface area contributed by atoms with Crippen LogP contribution in [-0.2, 0) is 11.3 Å². The van der Waals surface area contributed by atoms with Crippen LogP contribution in [0.2, 0.25) is 0 Å². The van der Waals surface area contributed by atoms with Crippen LogP contribution >= 0.6 is 0 Å². The van der Waals surface area contributed by atoms with Gasteiger partial charge in [-0.3, -0.25) is 14.6 Å². The van der Waals surface area contributed by atoms with Crippen molar-refractivity contribution in [2.45, 2.75) is 46.1 Å². The lowest BCUT2D eigenvalue weighted by Gasteiger charge is -2.36. The zero-order valence-corrected chi connectivity index (χ0v) is 17.8. The Morgan fingerprint density at radius 2 is 1.82 bits per heavy atom. The third-order valence-corrected chi connectivity index (χ3v) is 6.31. The van der Waals surface area contributed by atoms with E-state index < -0.39 is 0 Å². The van der Waals surface area contributed by atoms with Gasteiger partial charge >= 0.3 is 0 Å². The van der Waals surface area contributed by atoms with Crippen molar-refractivity contribution in [2.75, 3.05) is 45.8 Å². The number of benzene rings is 1. The molecular formula is C24H37N3O. The van der Waals surface area contributed by atoms with E-state index in [1.807, 2.05) is 0 Å². The van der Waals surface area contributed by atoms with Crippen LogP contribution in [0, 0.1) is 5.92 Å². The molecule has 2 heterocycles. The minimum absolute atomic E-state index is 0.362. The van der Waals surface area contributed by atoms with Crippen molar-refractivity contribution < 1.29 is 4.79 Å². The number of hydrogen-bond donors (Lipinski definition) is 0. The van der Waals surface area contributed by atoms with Crippen LogP contribution < -0.4 is 0 Å². The van der Waals surface area contributed by atoms with Crippen LogP contribution in [-0.4, -0.2) is 66.4 Å². The van der Waals surface area contributed by atoms with Crippen LogP contribution in [0.4, 0.5) is 0 Å². The summed E-state index contributed by atoms with van der Waals surface area (Å²) >= 11 is 0. The normalized spacial score (nSPS) is 22.4. The van der Waals surface area contributed by atoms with E-state index in [9.17, 15) is 4.79 Å². The Kier molecular flexibility index (Phi) is 8.11. The second kappa shape index (κ2) is 10.8. The van der Waals surface area contributed by atoms with Crippen LogP contribution in [0.15, 0.2) is 42.0 Å². The number of hydrogen-bond acceptors (Lipinski definition) is 3. The van der Waals surface area contributed by atoms with E-state index in [2.05, 4.69) is 65.0 Å². The van der Waals surface area contributed by atoms with Gasteiger partial charge in [0.05, 0.1) is 0 Å². The van der Waals surface area contributed by atoms with Gasteiger partial charge < -0.3 is 4.90 Å². The summed E-state index contributed by atoms with van der Waals surface area (Å²) in [7, 11) is 0.